The topological polar surface area (TPSA) is 135 Å². The molecule has 4 aromatic carbocycles. The van der Waals surface area contributed by atoms with Crippen molar-refractivity contribution >= 4 is 49.0 Å². The lowest BCUT2D eigenvalue weighted by Crippen LogP contribution is -2.45. The Morgan fingerprint density at radius 3 is 1.75 bits per heavy atom. The number of carbonyl (C=O) groups excluding carboxylic acids is 3. The van der Waals surface area contributed by atoms with E-state index in [1.54, 1.807) is 83.5 Å². The van der Waals surface area contributed by atoms with Gasteiger partial charge in [-0.15, -0.1) is 0 Å². The number of benzene rings is 4. The highest BCUT2D eigenvalue weighted by atomic mass is 35.5. The van der Waals surface area contributed by atoms with E-state index in [2.05, 4.69) is 0 Å². The molecule has 52 heavy (non-hydrogen) atoms. The molecule has 0 saturated heterocycles. The first-order valence-corrected chi connectivity index (χ1v) is 19.4. The van der Waals surface area contributed by atoms with Crippen molar-refractivity contribution in [2.75, 3.05) is 26.5 Å². The van der Waals surface area contributed by atoms with Crippen LogP contribution in [0.4, 0.5) is 4.79 Å². The van der Waals surface area contributed by atoms with Crippen LogP contribution in [0.25, 0.3) is 0 Å². The number of ether oxygens (including phenoxy) is 5. The lowest BCUT2D eigenvalue weighted by Gasteiger charge is -2.26. The number of methoxy groups -OCH3 is 2. The van der Waals surface area contributed by atoms with Gasteiger partial charge in [0.1, 0.15) is 30.3 Å². The maximum absolute atomic E-state index is 13.8. The Bertz CT molecular complexity index is 1980. The van der Waals surface area contributed by atoms with Crippen molar-refractivity contribution < 1.29 is 46.5 Å². The Morgan fingerprint density at radius 2 is 1.27 bits per heavy atom. The molecule has 276 valence electrons. The van der Waals surface area contributed by atoms with E-state index in [-0.39, 0.29) is 45.9 Å². The second-order valence-corrected chi connectivity index (χ2v) is 16.9. The third-order valence-electron chi connectivity index (χ3n) is 7.30. The second-order valence-electron chi connectivity index (χ2n) is 12.4. The van der Waals surface area contributed by atoms with Crippen LogP contribution in [0.5, 0.6) is 23.0 Å². The number of hydrogen-bond donors (Lipinski definition) is 0. The number of nitrogens with zero attached hydrogens (tertiary/aromatic N) is 1. The molecule has 0 aliphatic heterocycles. The average Bonchev–Trinajstić information content (AvgIpc) is 3.11. The number of amides is 2. The Labute approximate surface area is 312 Å². The molecule has 14 heteroatoms. The summed E-state index contributed by atoms with van der Waals surface area (Å²) in [5.41, 5.74) is 1.18. The highest BCUT2D eigenvalue weighted by Crippen LogP contribution is 2.36. The monoisotopic (exact) mass is 769 g/mol. The normalized spacial score (nSPS) is 11.4. The molecule has 0 unspecified atom stereocenters. The summed E-state index contributed by atoms with van der Waals surface area (Å²) in [6, 6.07) is 23.3. The van der Waals surface area contributed by atoms with Gasteiger partial charge in [-0.05, 0) is 92.1 Å². The zero-order chi connectivity index (χ0) is 38.1. The number of halogens is 1. The molecular weight excluding hydrogens is 730 g/mol. The minimum Gasteiger partial charge on any atom is -0.497 e. The Hall–Kier alpha value is -4.72. The number of rotatable bonds is 15. The molecule has 0 N–H and O–H groups in total. The van der Waals surface area contributed by atoms with Gasteiger partial charge < -0.3 is 23.7 Å². The lowest BCUT2D eigenvalue weighted by atomic mass is 10.1. The quantitative estimate of drug-likeness (QED) is 0.0664. The van der Waals surface area contributed by atoms with E-state index >= 15 is 0 Å². The van der Waals surface area contributed by atoms with Gasteiger partial charge in [-0.25, -0.2) is 18.1 Å². The van der Waals surface area contributed by atoms with Gasteiger partial charge in [-0.3, -0.25) is 9.59 Å². The van der Waals surface area contributed by atoms with Crippen LogP contribution in [-0.4, -0.2) is 63.2 Å². The largest absolute Gasteiger partial charge is 0.497 e. The van der Waals surface area contributed by atoms with Gasteiger partial charge >= 0.3 is 12.0 Å². The summed E-state index contributed by atoms with van der Waals surface area (Å²) in [7, 11) is -0.183. The molecule has 0 fully saturated rings. The predicted octanol–water partition coefficient (Wildman–Crippen LogP) is 7.89. The van der Waals surface area contributed by atoms with Gasteiger partial charge in [-0.1, -0.05) is 53.6 Å². The van der Waals surface area contributed by atoms with Crippen LogP contribution in [0.2, 0.25) is 5.02 Å². The number of ketones is 1. The smallest absolute Gasteiger partial charge is 0.417 e. The van der Waals surface area contributed by atoms with Crippen molar-refractivity contribution in [3.63, 3.8) is 0 Å². The predicted molar refractivity (Wildman–Crippen MR) is 199 cm³/mol. The van der Waals surface area contributed by atoms with E-state index in [0.717, 1.165) is 16.7 Å². The summed E-state index contributed by atoms with van der Waals surface area (Å²) in [4.78, 5) is 41.4. The van der Waals surface area contributed by atoms with E-state index in [9.17, 15) is 22.8 Å². The first-order chi connectivity index (χ1) is 24.6. The lowest BCUT2D eigenvalue weighted by molar-refractivity contribution is -0.125. The standard InChI is InChI=1S/C38H40ClNO10S2/c1-25-7-17-30(18-8-25)52(44,45)51-20-19-40(37(43)50-38(2,3)4)36(42)35(41)31-21-33(48-23-26-9-13-28(46-5)14-10-26)34(22-32(31)39)49-24-27-11-15-29(47-6)16-12-27/h7-18,21-22H,19-20,23-24H2,1-6H3. The van der Waals surface area contributed by atoms with Crippen LogP contribution in [0.15, 0.2) is 89.8 Å². The summed E-state index contributed by atoms with van der Waals surface area (Å²) < 4.78 is 53.9. The number of hydrogen-bond acceptors (Lipinski definition) is 11. The molecular formula is C38H40ClNO10S2. The van der Waals surface area contributed by atoms with Crippen molar-refractivity contribution in [2.24, 2.45) is 0 Å². The number of aryl methyl sites for hydroxylation is 1. The van der Waals surface area contributed by atoms with Crippen LogP contribution >= 0.6 is 22.4 Å². The first-order valence-electron chi connectivity index (χ1n) is 16.0. The number of carbonyl (C=O) groups is 3. The molecule has 0 heterocycles. The molecule has 0 aliphatic rings. The van der Waals surface area contributed by atoms with E-state index in [1.807, 2.05) is 19.1 Å². The molecule has 2 amide bonds. The van der Waals surface area contributed by atoms with E-state index < -0.39 is 38.8 Å². The first kappa shape index (κ1) is 40.1. The molecule has 0 aliphatic carbocycles. The van der Waals surface area contributed by atoms with Crippen LogP contribution in [-0.2, 0) is 31.6 Å². The maximum atomic E-state index is 13.8. The van der Waals surface area contributed by atoms with Gasteiger partial charge in [0.25, 0.3) is 5.78 Å². The highest BCUT2D eigenvalue weighted by molar-refractivity contribution is 8.72. The van der Waals surface area contributed by atoms with Crippen molar-refractivity contribution in [3.05, 3.63) is 112 Å². The van der Waals surface area contributed by atoms with Crippen molar-refractivity contribution in [3.8, 4) is 23.0 Å². The molecule has 0 atom stereocenters. The molecule has 0 spiro atoms. The number of imide groups is 1. The molecule has 0 bridgehead atoms. The highest BCUT2D eigenvalue weighted by Gasteiger charge is 2.34. The molecule has 4 aromatic rings. The van der Waals surface area contributed by atoms with Crippen molar-refractivity contribution in [1.82, 2.24) is 4.90 Å². The Balaban J connectivity index is 1.61. The van der Waals surface area contributed by atoms with Crippen LogP contribution < -0.4 is 18.9 Å². The van der Waals surface area contributed by atoms with E-state index in [0.29, 0.717) is 27.2 Å². The molecule has 4 rings (SSSR count). The maximum Gasteiger partial charge on any atom is 0.417 e. The minimum atomic E-state index is -3.83. The summed E-state index contributed by atoms with van der Waals surface area (Å²) in [5.74, 6) is -1.01. The van der Waals surface area contributed by atoms with Gasteiger partial charge in [0.2, 0.25) is 8.87 Å². The van der Waals surface area contributed by atoms with Gasteiger partial charge in [0.15, 0.2) is 11.5 Å². The second kappa shape index (κ2) is 17.7. The number of Topliss-reactive ketones (excluding diaryl/α,β-unsaturated/α-hetero) is 1. The van der Waals surface area contributed by atoms with Crippen molar-refractivity contribution in [2.45, 2.75) is 51.4 Å². The fourth-order valence-electron chi connectivity index (χ4n) is 4.54. The van der Waals surface area contributed by atoms with Gasteiger partial charge in [0.05, 0.1) is 29.7 Å². The van der Waals surface area contributed by atoms with Crippen LogP contribution in [0.3, 0.4) is 0 Å². The SMILES string of the molecule is COc1ccc(COc2cc(Cl)c(C(=O)C(=O)N(CCSS(=O)(=O)c3ccc(C)cc3)C(=O)OC(C)(C)C)cc2OCc2ccc(OC)cc2)cc1. The Morgan fingerprint density at radius 1 is 0.769 bits per heavy atom. The van der Waals surface area contributed by atoms with Gasteiger partial charge in [0, 0.05) is 18.4 Å². The zero-order valence-corrected chi connectivity index (χ0v) is 32.0. The fourth-order valence-corrected chi connectivity index (χ4v) is 7.49. The van der Waals surface area contributed by atoms with Crippen LogP contribution in [0, 0.1) is 6.92 Å². The summed E-state index contributed by atoms with van der Waals surface area (Å²) in [6.07, 6.45) is -1.12. The minimum absolute atomic E-state index is 0.0583. The molecule has 0 radical (unpaired) electrons. The third kappa shape index (κ3) is 11.1. The van der Waals surface area contributed by atoms with Gasteiger partial charge in [-0.2, -0.15) is 0 Å². The molecule has 11 nitrogen and oxygen atoms in total. The third-order valence-corrected chi connectivity index (χ3v) is 11.1. The fraction of sp³-hybridized carbons (Fsp3) is 0.289. The Kier molecular flexibility index (Phi) is 13.6. The molecule has 0 saturated carbocycles. The summed E-state index contributed by atoms with van der Waals surface area (Å²) >= 11 is 6.59. The molecule has 0 aromatic heterocycles. The summed E-state index contributed by atoms with van der Waals surface area (Å²) in [6.45, 7) is 6.34. The van der Waals surface area contributed by atoms with E-state index in [4.69, 9.17) is 35.3 Å². The van der Waals surface area contributed by atoms with Crippen LogP contribution in [0.1, 0.15) is 47.8 Å². The van der Waals surface area contributed by atoms with E-state index in [1.165, 1.54) is 24.3 Å². The summed E-state index contributed by atoms with van der Waals surface area (Å²) in [5, 5.41) is -0.139. The van der Waals surface area contributed by atoms with Crippen molar-refractivity contribution in [1.29, 1.82) is 0 Å². The average molecular weight is 770 g/mol. The zero-order valence-electron chi connectivity index (χ0n) is 29.6.